The summed E-state index contributed by atoms with van der Waals surface area (Å²) in [5.74, 6) is 7.23. The Balaban J connectivity index is 1.49. The summed E-state index contributed by atoms with van der Waals surface area (Å²) in [5, 5.41) is 16.7. The predicted octanol–water partition coefficient (Wildman–Crippen LogP) is 1.10. The topological polar surface area (TPSA) is 146 Å². The Morgan fingerprint density at radius 1 is 1.18 bits per heavy atom. The molecule has 1 saturated carbocycles. The lowest BCUT2D eigenvalue weighted by atomic mass is 9.89. The van der Waals surface area contributed by atoms with Gasteiger partial charge in [0.1, 0.15) is 0 Å². The molecule has 1 aliphatic carbocycles. The lowest BCUT2D eigenvalue weighted by molar-refractivity contribution is -0.118. The zero-order valence-electron chi connectivity index (χ0n) is 15.4. The van der Waals surface area contributed by atoms with E-state index in [1.807, 2.05) is 0 Å². The number of hydrogen-bond donors (Lipinski definition) is 3. The Hall–Kier alpha value is -2.11. The third-order valence-corrected chi connectivity index (χ3v) is 6.61. The van der Waals surface area contributed by atoms with Gasteiger partial charge in [0.15, 0.2) is 5.82 Å². The molecule has 152 valence electrons. The summed E-state index contributed by atoms with van der Waals surface area (Å²) >= 11 is 1.24. The maximum Gasteiger partial charge on any atom is 0.238 e. The number of nitrogens with two attached hydrogens (primary N) is 2. The highest BCUT2D eigenvalue weighted by Crippen LogP contribution is 2.32. The maximum absolute atomic E-state index is 12.1. The van der Waals surface area contributed by atoms with Gasteiger partial charge in [0.2, 0.25) is 21.1 Å². The normalized spacial score (nSPS) is 15.5. The molecule has 28 heavy (non-hydrogen) atoms. The van der Waals surface area contributed by atoms with E-state index in [2.05, 4.69) is 15.5 Å². The van der Waals surface area contributed by atoms with Crippen molar-refractivity contribution < 1.29 is 13.2 Å². The van der Waals surface area contributed by atoms with Gasteiger partial charge in [-0.1, -0.05) is 43.2 Å². The van der Waals surface area contributed by atoms with Crippen LogP contribution in [0.25, 0.3) is 0 Å². The number of primary sulfonamides is 1. The second-order valence-corrected chi connectivity index (χ2v) is 9.30. The van der Waals surface area contributed by atoms with Crippen molar-refractivity contribution in [3.63, 3.8) is 0 Å². The number of hydrogen-bond acceptors (Lipinski definition) is 7. The lowest BCUT2D eigenvalue weighted by Gasteiger charge is -2.20. The minimum atomic E-state index is -3.72. The SMILES string of the molecule is Nn1c(SCC(=O)NCc2ccc(S(N)(=O)=O)cc2)nnc1C1CCCCC1. The Kier molecular flexibility index (Phi) is 6.57. The van der Waals surface area contributed by atoms with E-state index in [0.29, 0.717) is 11.1 Å². The molecular weight excluding hydrogens is 400 g/mol. The largest absolute Gasteiger partial charge is 0.351 e. The highest BCUT2D eigenvalue weighted by Gasteiger charge is 2.22. The zero-order valence-corrected chi connectivity index (χ0v) is 17.0. The molecule has 0 saturated heterocycles. The van der Waals surface area contributed by atoms with Gasteiger partial charge in [-0.2, -0.15) is 0 Å². The first kappa shape index (κ1) is 20.6. The summed E-state index contributed by atoms with van der Waals surface area (Å²) in [5.41, 5.74) is 0.771. The van der Waals surface area contributed by atoms with Crippen molar-refractivity contribution in [1.82, 2.24) is 20.2 Å². The van der Waals surface area contributed by atoms with Crippen LogP contribution in [0.4, 0.5) is 0 Å². The number of carbonyl (C=O) groups excluding carboxylic acids is 1. The number of thioether (sulfide) groups is 1. The van der Waals surface area contributed by atoms with Gasteiger partial charge in [-0.15, -0.1) is 10.2 Å². The fourth-order valence-electron chi connectivity index (χ4n) is 3.20. The van der Waals surface area contributed by atoms with Crippen molar-refractivity contribution >= 4 is 27.7 Å². The molecule has 3 rings (SSSR count). The number of nitrogens with zero attached hydrogens (tertiary/aromatic N) is 3. The molecular formula is C17H24N6O3S2. The molecule has 1 fully saturated rings. The van der Waals surface area contributed by atoms with Gasteiger partial charge in [0, 0.05) is 12.5 Å². The number of carbonyl (C=O) groups is 1. The van der Waals surface area contributed by atoms with Crippen LogP contribution in [-0.4, -0.2) is 35.0 Å². The van der Waals surface area contributed by atoms with Crippen LogP contribution >= 0.6 is 11.8 Å². The highest BCUT2D eigenvalue weighted by molar-refractivity contribution is 7.99. The molecule has 0 atom stereocenters. The molecule has 1 aliphatic rings. The molecule has 5 N–H and O–H groups in total. The number of sulfonamides is 1. The summed E-state index contributed by atoms with van der Waals surface area (Å²) in [6, 6.07) is 6.05. The van der Waals surface area contributed by atoms with Crippen LogP contribution < -0.4 is 16.3 Å². The van der Waals surface area contributed by atoms with Crippen LogP contribution in [0.3, 0.4) is 0 Å². The van der Waals surface area contributed by atoms with Crippen molar-refractivity contribution in [2.75, 3.05) is 11.6 Å². The average molecular weight is 425 g/mol. The van der Waals surface area contributed by atoms with Gasteiger partial charge >= 0.3 is 0 Å². The quantitative estimate of drug-likeness (QED) is 0.445. The van der Waals surface area contributed by atoms with E-state index in [-0.39, 0.29) is 23.1 Å². The van der Waals surface area contributed by atoms with E-state index in [0.717, 1.165) is 24.2 Å². The summed E-state index contributed by atoms with van der Waals surface area (Å²) in [4.78, 5) is 12.1. The fourth-order valence-corrected chi connectivity index (χ4v) is 4.41. The molecule has 2 aromatic rings. The van der Waals surface area contributed by atoms with Gasteiger partial charge in [0.25, 0.3) is 0 Å². The molecule has 0 spiro atoms. The van der Waals surface area contributed by atoms with E-state index in [9.17, 15) is 13.2 Å². The van der Waals surface area contributed by atoms with Crippen LogP contribution in [0.15, 0.2) is 34.3 Å². The van der Waals surface area contributed by atoms with Gasteiger partial charge in [0.05, 0.1) is 10.6 Å². The van der Waals surface area contributed by atoms with Crippen molar-refractivity contribution in [3.05, 3.63) is 35.7 Å². The van der Waals surface area contributed by atoms with Crippen molar-refractivity contribution in [2.45, 2.75) is 54.6 Å². The number of aromatic nitrogens is 3. The molecule has 0 aliphatic heterocycles. The number of benzene rings is 1. The van der Waals surface area contributed by atoms with Gasteiger partial charge < -0.3 is 11.2 Å². The van der Waals surface area contributed by atoms with Crippen molar-refractivity contribution in [1.29, 1.82) is 0 Å². The maximum atomic E-state index is 12.1. The van der Waals surface area contributed by atoms with Crippen LogP contribution in [0.2, 0.25) is 0 Å². The Labute approximate surface area is 168 Å². The molecule has 1 aromatic heterocycles. The van der Waals surface area contributed by atoms with Crippen molar-refractivity contribution in [3.8, 4) is 0 Å². The second kappa shape index (κ2) is 8.93. The highest BCUT2D eigenvalue weighted by atomic mass is 32.2. The van der Waals surface area contributed by atoms with Crippen LogP contribution in [0.1, 0.15) is 49.4 Å². The third kappa shape index (κ3) is 5.24. The molecule has 1 aromatic carbocycles. The smallest absolute Gasteiger partial charge is 0.238 e. The molecule has 1 amide bonds. The number of nitrogens with one attached hydrogen (secondary N) is 1. The fraction of sp³-hybridized carbons (Fsp3) is 0.471. The Bertz CT molecular complexity index is 921. The first-order chi connectivity index (χ1) is 13.3. The predicted molar refractivity (Wildman–Crippen MR) is 106 cm³/mol. The summed E-state index contributed by atoms with van der Waals surface area (Å²) < 4.78 is 24.0. The van der Waals surface area contributed by atoms with Gasteiger partial charge in [-0.05, 0) is 30.5 Å². The summed E-state index contributed by atoms with van der Waals surface area (Å²) in [6.45, 7) is 0.285. The summed E-state index contributed by atoms with van der Waals surface area (Å²) in [7, 11) is -3.72. The Morgan fingerprint density at radius 3 is 2.50 bits per heavy atom. The van der Waals surface area contributed by atoms with E-state index >= 15 is 0 Å². The molecule has 1 heterocycles. The van der Waals surface area contributed by atoms with Crippen LogP contribution in [-0.2, 0) is 21.4 Å². The van der Waals surface area contributed by atoms with Crippen molar-refractivity contribution in [2.24, 2.45) is 5.14 Å². The lowest BCUT2D eigenvalue weighted by Crippen LogP contribution is -2.25. The van der Waals surface area contributed by atoms with Crippen LogP contribution in [0.5, 0.6) is 0 Å². The number of rotatable bonds is 7. The third-order valence-electron chi connectivity index (χ3n) is 4.74. The number of amides is 1. The molecule has 11 heteroatoms. The zero-order chi connectivity index (χ0) is 20.1. The van der Waals surface area contributed by atoms with E-state index in [1.54, 1.807) is 12.1 Å². The monoisotopic (exact) mass is 424 g/mol. The van der Waals surface area contributed by atoms with E-state index < -0.39 is 10.0 Å². The number of nitrogen functional groups attached to an aromatic ring is 1. The standard InChI is InChI=1S/C17H24N6O3S2/c18-23-16(13-4-2-1-3-5-13)21-22-17(23)27-11-15(24)20-10-12-6-8-14(9-7-12)28(19,25)26/h6-9,13H,1-5,10-11,18H2,(H,20,24)(H2,19,25,26). The molecule has 0 radical (unpaired) electrons. The van der Waals surface area contributed by atoms with E-state index in [4.69, 9.17) is 11.0 Å². The van der Waals surface area contributed by atoms with Gasteiger partial charge in [-0.3, -0.25) is 4.79 Å². The second-order valence-electron chi connectivity index (χ2n) is 6.80. The molecule has 9 nitrogen and oxygen atoms in total. The molecule has 0 unspecified atom stereocenters. The summed E-state index contributed by atoms with van der Waals surface area (Å²) in [6.07, 6.45) is 5.76. The Morgan fingerprint density at radius 2 is 1.86 bits per heavy atom. The first-order valence-electron chi connectivity index (χ1n) is 9.06. The average Bonchev–Trinajstić information content (AvgIpc) is 3.05. The first-order valence-corrected chi connectivity index (χ1v) is 11.6. The minimum Gasteiger partial charge on any atom is -0.351 e. The van der Waals surface area contributed by atoms with Gasteiger partial charge in [-0.25, -0.2) is 18.2 Å². The van der Waals surface area contributed by atoms with E-state index in [1.165, 1.54) is 47.8 Å². The van der Waals surface area contributed by atoms with Crippen LogP contribution in [0, 0.1) is 0 Å². The minimum absolute atomic E-state index is 0.0363. The molecule has 0 bridgehead atoms.